The van der Waals surface area contributed by atoms with E-state index in [0.29, 0.717) is 13.0 Å². The third-order valence-electron chi connectivity index (χ3n) is 2.28. The highest BCUT2D eigenvalue weighted by Crippen LogP contribution is 2.26. The molecular weight excluding hydrogens is 216 g/mol. The van der Waals surface area contributed by atoms with Crippen LogP contribution in [-0.2, 0) is 0 Å². The molecule has 0 bridgehead atoms. The summed E-state index contributed by atoms with van der Waals surface area (Å²) in [7, 11) is 2.92. The molecule has 90 valence electrons. The number of anilines is 1. The Bertz CT molecular complexity index is 358. The molecule has 0 aliphatic rings. The second-order valence-electron chi connectivity index (χ2n) is 3.44. The van der Waals surface area contributed by atoms with Crippen molar-refractivity contribution < 1.29 is 18.6 Å². The number of ether oxygens (including phenoxy) is 1. The van der Waals surface area contributed by atoms with Gasteiger partial charge in [0.25, 0.3) is 0 Å². The minimum atomic E-state index is -0.602. The van der Waals surface area contributed by atoms with Crippen molar-refractivity contribution >= 4 is 5.69 Å². The van der Waals surface area contributed by atoms with E-state index in [2.05, 4.69) is 4.74 Å². The minimum absolute atomic E-state index is 0.0184. The van der Waals surface area contributed by atoms with Crippen LogP contribution in [0, 0.1) is 11.6 Å². The van der Waals surface area contributed by atoms with Crippen molar-refractivity contribution in [2.45, 2.75) is 6.42 Å². The zero-order valence-corrected chi connectivity index (χ0v) is 9.33. The summed E-state index contributed by atoms with van der Waals surface area (Å²) in [5.74, 6) is -1.26. The van der Waals surface area contributed by atoms with Gasteiger partial charge in [0.15, 0.2) is 11.6 Å². The third-order valence-corrected chi connectivity index (χ3v) is 2.28. The van der Waals surface area contributed by atoms with E-state index in [0.717, 1.165) is 12.1 Å². The van der Waals surface area contributed by atoms with E-state index in [4.69, 9.17) is 5.11 Å². The van der Waals surface area contributed by atoms with Crippen LogP contribution in [0.2, 0.25) is 0 Å². The molecule has 0 fully saturated rings. The number of nitrogens with zero attached hydrogens (tertiary/aromatic N) is 1. The summed E-state index contributed by atoms with van der Waals surface area (Å²) in [5.41, 5.74) is 0.159. The fourth-order valence-corrected chi connectivity index (χ4v) is 1.40. The number of halogens is 2. The van der Waals surface area contributed by atoms with Gasteiger partial charge in [0, 0.05) is 32.3 Å². The Hall–Kier alpha value is -1.36. The normalized spacial score (nSPS) is 10.3. The van der Waals surface area contributed by atoms with Gasteiger partial charge in [-0.25, -0.2) is 8.78 Å². The van der Waals surface area contributed by atoms with Crippen molar-refractivity contribution in [1.29, 1.82) is 0 Å². The predicted octanol–water partition coefficient (Wildman–Crippen LogP) is 1.79. The summed E-state index contributed by atoms with van der Waals surface area (Å²) < 4.78 is 31.6. The molecule has 3 nitrogen and oxygen atoms in total. The maximum atomic E-state index is 13.5. The van der Waals surface area contributed by atoms with E-state index in [1.807, 2.05) is 0 Å². The van der Waals surface area contributed by atoms with Crippen LogP contribution in [0.15, 0.2) is 12.1 Å². The van der Waals surface area contributed by atoms with Crippen LogP contribution in [0.3, 0.4) is 0 Å². The Morgan fingerprint density at radius 2 is 2.00 bits per heavy atom. The zero-order valence-electron chi connectivity index (χ0n) is 9.33. The highest BCUT2D eigenvalue weighted by Gasteiger charge is 2.13. The van der Waals surface area contributed by atoms with Crippen LogP contribution >= 0.6 is 0 Å². The SMILES string of the molecule is COc1cc(F)c(N(C)CCCO)cc1F. The molecule has 0 radical (unpaired) electrons. The Morgan fingerprint density at radius 3 is 2.56 bits per heavy atom. The molecule has 1 N–H and O–H groups in total. The molecule has 0 unspecified atom stereocenters. The van der Waals surface area contributed by atoms with Gasteiger partial charge in [-0.1, -0.05) is 0 Å². The van der Waals surface area contributed by atoms with Gasteiger partial charge in [0.1, 0.15) is 5.82 Å². The van der Waals surface area contributed by atoms with Gasteiger partial charge in [0.2, 0.25) is 0 Å². The van der Waals surface area contributed by atoms with Crippen molar-refractivity contribution in [3.8, 4) is 5.75 Å². The molecule has 0 spiro atoms. The molecule has 0 saturated carbocycles. The molecule has 1 rings (SSSR count). The number of rotatable bonds is 5. The van der Waals surface area contributed by atoms with Crippen LogP contribution in [0.1, 0.15) is 6.42 Å². The number of benzene rings is 1. The molecule has 0 aliphatic heterocycles. The van der Waals surface area contributed by atoms with Crippen LogP contribution in [0.25, 0.3) is 0 Å². The number of hydrogen-bond acceptors (Lipinski definition) is 3. The zero-order chi connectivity index (χ0) is 12.1. The van der Waals surface area contributed by atoms with Crippen molar-refractivity contribution in [2.24, 2.45) is 0 Å². The quantitative estimate of drug-likeness (QED) is 0.838. The Balaban J connectivity index is 2.92. The van der Waals surface area contributed by atoms with E-state index in [1.54, 1.807) is 11.9 Å². The first kappa shape index (κ1) is 12.7. The summed E-state index contributed by atoms with van der Waals surface area (Å²) >= 11 is 0. The maximum absolute atomic E-state index is 13.5. The van der Waals surface area contributed by atoms with Crippen LogP contribution in [-0.4, -0.2) is 32.4 Å². The van der Waals surface area contributed by atoms with E-state index >= 15 is 0 Å². The molecule has 0 saturated heterocycles. The largest absolute Gasteiger partial charge is 0.494 e. The minimum Gasteiger partial charge on any atom is -0.494 e. The van der Waals surface area contributed by atoms with E-state index < -0.39 is 11.6 Å². The number of aliphatic hydroxyl groups is 1. The lowest BCUT2D eigenvalue weighted by molar-refractivity contribution is 0.290. The molecule has 1 aromatic rings. The average molecular weight is 231 g/mol. The monoisotopic (exact) mass is 231 g/mol. The van der Waals surface area contributed by atoms with Gasteiger partial charge >= 0.3 is 0 Å². The summed E-state index contributed by atoms with van der Waals surface area (Å²) in [6.07, 6.45) is 0.504. The smallest absolute Gasteiger partial charge is 0.167 e. The van der Waals surface area contributed by atoms with Crippen LogP contribution in [0.4, 0.5) is 14.5 Å². The molecule has 1 aromatic carbocycles. The van der Waals surface area contributed by atoms with Crippen molar-refractivity contribution in [3.63, 3.8) is 0 Å². The molecule has 5 heteroatoms. The van der Waals surface area contributed by atoms with E-state index in [1.165, 1.54) is 7.11 Å². The number of hydrogen-bond donors (Lipinski definition) is 1. The lowest BCUT2D eigenvalue weighted by Crippen LogP contribution is -2.20. The Morgan fingerprint density at radius 1 is 1.31 bits per heavy atom. The van der Waals surface area contributed by atoms with Gasteiger partial charge in [-0.3, -0.25) is 0 Å². The highest BCUT2D eigenvalue weighted by atomic mass is 19.1. The molecule has 0 heterocycles. The van der Waals surface area contributed by atoms with E-state index in [-0.39, 0.29) is 18.0 Å². The van der Waals surface area contributed by atoms with E-state index in [9.17, 15) is 8.78 Å². The number of aliphatic hydroxyl groups excluding tert-OH is 1. The van der Waals surface area contributed by atoms with Crippen LogP contribution in [0.5, 0.6) is 5.75 Å². The van der Waals surface area contributed by atoms with Crippen molar-refractivity contribution in [3.05, 3.63) is 23.8 Å². The summed E-state index contributed by atoms with van der Waals surface area (Å²) in [5, 5.41) is 8.65. The maximum Gasteiger partial charge on any atom is 0.167 e. The lowest BCUT2D eigenvalue weighted by atomic mass is 10.2. The molecule has 0 aromatic heterocycles. The Labute approximate surface area is 93.3 Å². The molecule has 0 atom stereocenters. The van der Waals surface area contributed by atoms with Gasteiger partial charge in [-0.15, -0.1) is 0 Å². The van der Waals surface area contributed by atoms with Crippen molar-refractivity contribution in [1.82, 2.24) is 0 Å². The second-order valence-corrected chi connectivity index (χ2v) is 3.44. The van der Waals surface area contributed by atoms with Gasteiger partial charge in [-0.05, 0) is 6.42 Å². The summed E-state index contributed by atoms with van der Waals surface area (Å²) in [6.45, 7) is 0.476. The topological polar surface area (TPSA) is 32.7 Å². The first-order valence-corrected chi connectivity index (χ1v) is 4.95. The molecule has 16 heavy (non-hydrogen) atoms. The fraction of sp³-hybridized carbons (Fsp3) is 0.455. The molecule has 0 amide bonds. The first-order valence-electron chi connectivity index (χ1n) is 4.95. The average Bonchev–Trinajstić information content (AvgIpc) is 2.28. The predicted molar refractivity (Wildman–Crippen MR) is 57.9 cm³/mol. The second kappa shape index (κ2) is 5.65. The fourth-order valence-electron chi connectivity index (χ4n) is 1.40. The van der Waals surface area contributed by atoms with Gasteiger partial charge < -0.3 is 14.7 Å². The standard InChI is InChI=1S/C11H15F2NO2/c1-14(4-3-5-15)10-6-9(13)11(16-2)7-8(10)12/h6-7,15H,3-5H2,1-2H3. The first-order chi connectivity index (χ1) is 7.60. The third kappa shape index (κ3) is 2.82. The van der Waals surface area contributed by atoms with Gasteiger partial charge in [0.05, 0.1) is 12.8 Å². The van der Waals surface area contributed by atoms with Crippen molar-refractivity contribution in [2.75, 3.05) is 32.2 Å². The van der Waals surface area contributed by atoms with Crippen LogP contribution < -0.4 is 9.64 Å². The molecule has 0 aliphatic carbocycles. The number of methoxy groups -OCH3 is 1. The Kier molecular flexibility index (Phi) is 4.49. The van der Waals surface area contributed by atoms with Gasteiger partial charge in [-0.2, -0.15) is 0 Å². The lowest BCUT2D eigenvalue weighted by Gasteiger charge is -2.20. The highest BCUT2D eigenvalue weighted by molar-refractivity contribution is 5.50. The summed E-state index contributed by atoms with van der Waals surface area (Å²) in [4.78, 5) is 1.55. The molecular formula is C11H15F2NO2. The summed E-state index contributed by atoms with van der Waals surface area (Å²) in [6, 6.07) is 2.10.